The Balaban J connectivity index is 0.000000138. The molecule has 128 heavy (non-hydrogen) atoms. The number of methoxy groups -OCH3 is 2. The van der Waals surface area contributed by atoms with E-state index in [1.165, 1.54) is 123 Å². The lowest BCUT2D eigenvalue weighted by molar-refractivity contribution is -0.143. The minimum absolute atomic E-state index is 0. The number of aliphatic carboxylic acids is 1. The second-order valence-electron chi connectivity index (χ2n) is 32.9. The third-order valence-corrected chi connectivity index (χ3v) is 34.2. The number of phenols is 1. The summed E-state index contributed by atoms with van der Waals surface area (Å²) in [4.78, 5) is 43.4. The van der Waals surface area contributed by atoms with Crippen LogP contribution in [0.25, 0.3) is 0 Å². The molecule has 0 spiro atoms. The van der Waals surface area contributed by atoms with Crippen LogP contribution in [0.5, 0.6) is 28.7 Å². The lowest BCUT2D eigenvalue weighted by atomic mass is 9.49. The second kappa shape index (κ2) is 45.3. The van der Waals surface area contributed by atoms with E-state index < -0.39 is 5.97 Å². The van der Waals surface area contributed by atoms with Gasteiger partial charge in [-0.05, 0) is 307 Å². The van der Waals surface area contributed by atoms with E-state index in [9.17, 15) is 14.7 Å². The summed E-state index contributed by atoms with van der Waals surface area (Å²) < 4.78 is 22.4. The largest absolute Gasteiger partial charge is 0.507 e. The number of aryl methyl sites for hydroxylation is 8. The predicted molar refractivity (Wildman–Crippen MR) is 531 cm³/mol. The maximum Gasteiger partial charge on any atom is 0.341 e. The maximum atomic E-state index is 13.2. The van der Waals surface area contributed by atoms with Crippen LogP contribution in [0.4, 0.5) is 0 Å². The molecule has 13 heteroatoms. The molecule has 0 unspecified atom stereocenters. The quantitative estimate of drug-likeness (QED) is 0.0370. The SMILES string of the molecule is C.COc1c(C)cc([S+](c2ccccc2)c2ccccc2)cc1C.COc1ccc([S+](c2ccccc2)c2ccccc2)cc1.Cc1cc([S+](c2ccccc2)c2ccccc2)cc(C)c1O.Cc1cc([S+](c2ccccc2)c2ccccc2)cc(C)c1OC(=O)CC12CC3CC(CC(C3)C1)C2.Cc1cc([S+](c2ccccc2)c2ccccc2)cc(C)c1OCC(=O)O. The second-order valence-corrected chi connectivity index (χ2v) is 43.0. The lowest BCUT2D eigenvalue weighted by Gasteiger charge is -2.56. The summed E-state index contributed by atoms with van der Waals surface area (Å²) in [7, 11) is 2.67. The molecule has 15 aromatic rings. The molecule has 4 fully saturated rings. The van der Waals surface area contributed by atoms with Crippen molar-refractivity contribution in [3.8, 4) is 28.7 Å². The van der Waals surface area contributed by atoms with Crippen molar-refractivity contribution in [1.29, 1.82) is 0 Å². The molecule has 4 aliphatic rings. The van der Waals surface area contributed by atoms with Crippen LogP contribution < -0.4 is 18.9 Å². The molecule has 15 aromatic carbocycles. The van der Waals surface area contributed by atoms with Gasteiger partial charge in [-0.1, -0.05) is 189 Å². The van der Waals surface area contributed by atoms with Crippen molar-refractivity contribution in [3.63, 3.8) is 0 Å². The first-order valence-corrected chi connectivity index (χ1v) is 49.5. The van der Waals surface area contributed by atoms with Crippen molar-refractivity contribution in [2.24, 2.45) is 23.2 Å². The van der Waals surface area contributed by atoms with Crippen molar-refractivity contribution >= 4 is 66.4 Å². The number of carbonyl (C=O) groups excluding carboxylic acids is 1. The van der Waals surface area contributed by atoms with Crippen LogP contribution in [0.1, 0.15) is 96.9 Å². The summed E-state index contributed by atoms with van der Waals surface area (Å²) in [5, 5.41) is 18.9. The molecule has 0 radical (unpaired) electrons. The molecule has 4 bridgehead atoms. The smallest absolute Gasteiger partial charge is 0.341 e. The van der Waals surface area contributed by atoms with Crippen molar-refractivity contribution in [3.05, 3.63) is 421 Å². The number of hydrogen-bond donors (Lipinski definition) is 2. The van der Waals surface area contributed by atoms with E-state index in [1.54, 1.807) is 14.2 Å². The van der Waals surface area contributed by atoms with Gasteiger partial charge in [-0.2, -0.15) is 0 Å². The molecule has 0 aromatic heterocycles. The number of carboxylic acids is 1. The fourth-order valence-corrected chi connectivity index (χ4v) is 29.4. The average Bonchev–Trinajstić information content (AvgIpc) is 0.746. The van der Waals surface area contributed by atoms with Gasteiger partial charge in [0.15, 0.2) is 80.0 Å². The molecule has 0 amide bonds. The van der Waals surface area contributed by atoms with Gasteiger partial charge in [0.2, 0.25) is 0 Å². The number of hydrogen-bond acceptors (Lipinski definition) is 7. The number of ether oxygens (including phenoxy) is 4. The number of phenolic OH excluding ortho intramolecular Hbond substituents is 1. The number of rotatable bonds is 23. The first-order valence-electron chi connectivity index (χ1n) is 43.4. The van der Waals surface area contributed by atoms with Crippen LogP contribution in [-0.2, 0) is 64.1 Å². The molecule has 4 aliphatic carbocycles. The number of carbonyl (C=O) groups is 2. The molecule has 2 N–H and O–H groups in total. The number of benzene rings is 15. The summed E-state index contributed by atoms with van der Waals surface area (Å²) in [5.74, 6) is 5.24. The van der Waals surface area contributed by atoms with Crippen molar-refractivity contribution < 1.29 is 38.7 Å². The third-order valence-electron chi connectivity index (χ3n) is 23.2. The van der Waals surface area contributed by atoms with Crippen molar-refractivity contribution in [2.75, 3.05) is 20.8 Å². The fraction of sp³-hybridized carbons (Fsp3) is 0.200. The molecular weight excluding hydrogens is 1670 g/mol. The minimum Gasteiger partial charge on any atom is -0.507 e. The normalized spacial score (nSPS) is 15.0. The van der Waals surface area contributed by atoms with Gasteiger partial charge in [-0.3, -0.25) is 4.79 Å². The van der Waals surface area contributed by atoms with E-state index in [-0.39, 0.29) is 79.9 Å². The van der Waals surface area contributed by atoms with Crippen LogP contribution >= 0.6 is 0 Å². The van der Waals surface area contributed by atoms with Crippen LogP contribution in [0.2, 0.25) is 0 Å². The van der Waals surface area contributed by atoms with Gasteiger partial charge in [0.25, 0.3) is 0 Å². The summed E-state index contributed by atoms with van der Waals surface area (Å²) >= 11 is 0. The Kier molecular flexibility index (Phi) is 33.2. The Labute approximate surface area is 773 Å². The summed E-state index contributed by atoms with van der Waals surface area (Å²) in [6, 6.07) is 132. The number of aromatic hydroxyl groups is 1. The van der Waals surface area contributed by atoms with Gasteiger partial charge in [-0.25, -0.2) is 4.79 Å². The van der Waals surface area contributed by atoms with E-state index in [1.807, 2.05) is 64.1 Å². The van der Waals surface area contributed by atoms with Crippen LogP contribution in [0, 0.1) is 78.6 Å². The van der Waals surface area contributed by atoms with E-state index >= 15 is 0 Å². The van der Waals surface area contributed by atoms with E-state index in [0.717, 1.165) is 68.4 Å². The van der Waals surface area contributed by atoms with Gasteiger partial charge < -0.3 is 29.2 Å². The molecular formula is C115H117O8S5+5. The zero-order valence-corrected chi connectivity index (χ0v) is 78.2. The Hall–Kier alpha value is -11.8. The highest BCUT2D eigenvalue weighted by Gasteiger charge is 2.52. The van der Waals surface area contributed by atoms with Gasteiger partial charge in [0, 0.05) is 48.5 Å². The van der Waals surface area contributed by atoms with Gasteiger partial charge >= 0.3 is 11.9 Å². The Morgan fingerprint density at radius 1 is 0.297 bits per heavy atom. The van der Waals surface area contributed by atoms with E-state index in [4.69, 9.17) is 24.1 Å². The van der Waals surface area contributed by atoms with Crippen molar-refractivity contribution in [1.82, 2.24) is 0 Å². The topological polar surface area (TPSA) is 112 Å². The molecule has 0 aliphatic heterocycles. The van der Waals surface area contributed by atoms with Gasteiger partial charge in [0.1, 0.15) is 28.7 Å². The van der Waals surface area contributed by atoms with Crippen LogP contribution in [0.15, 0.2) is 450 Å². The average molecular weight is 1790 g/mol. The summed E-state index contributed by atoms with van der Waals surface area (Å²) in [5.41, 5.74) is 8.43. The summed E-state index contributed by atoms with van der Waals surface area (Å²) in [6.45, 7) is 15.9. The monoisotopic (exact) mass is 1790 g/mol. The molecule has 19 rings (SSSR count). The highest BCUT2D eigenvalue weighted by molar-refractivity contribution is 7.98. The molecule has 8 nitrogen and oxygen atoms in total. The minimum atomic E-state index is -0.971. The zero-order chi connectivity index (χ0) is 88.8. The molecule has 0 atom stereocenters. The summed E-state index contributed by atoms with van der Waals surface area (Å²) in [6.07, 6.45) is 8.51. The number of carboxylic acid groups (broad SMARTS) is 1. The zero-order valence-electron chi connectivity index (χ0n) is 74.1. The fourth-order valence-electron chi connectivity index (χ4n) is 18.2. The van der Waals surface area contributed by atoms with E-state index in [0.29, 0.717) is 17.9 Å². The number of esters is 1. The van der Waals surface area contributed by atoms with Crippen LogP contribution in [0.3, 0.4) is 0 Å². The van der Waals surface area contributed by atoms with Gasteiger partial charge in [0.05, 0.1) is 75.1 Å². The first-order chi connectivity index (χ1) is 61.8. The molecule has 4 saturated carbocycles. The molecule has 0 saturated heterocycles. The standard InChI is InChI=1S/C32H35O2S.C22H20O3S.C21H21OS.C20H18OS.C19H17OS.CH4/c1-22-13-29(35(27-9-5-3-6-10-27)28-11-7-4-8-12-28)14-23(2)31(22)34-30(33)21-32-18-24-15-25(19-32)17-26(16-24)20-32;1-16-13-20(14-17(2)22(16)25-15-21(23)24)26(18-9-5-3-6-10-18)19-11-7-4-8-12-19;1-16-14-20(15-17(2)21(16)22-3)23(18-10-6-4-7-11-18)19-12-8-5-9-13-19;1-15-13-19(14-16(2)20(15)21)22(17-9-5-3-6-10-17)18-11-7-4-8-12-18;1-20-16-12-14-19(15-13-16)21(17-8-4-2-5-9-17)18-10-6-3-7-11-18;/h3-14,24-26H,15-21H2,1-2H3;3-14H,15H2,1-2H3;4-15H,1-3H3;3-14H,1-2H3;2-15H,1H3;1H4/q+1;;+1;;+1;/p+2. The maximum absolute atomic E-state index is 13.2. The Morgan fingerprint density at radius 3 is 0.750 bits per heavy atom. The highest BCUT2D eigenvalue weighted by atomic mass is 32.2. The van der Waals surface area contributed by atoms with Crippen molar-refractivity contribution in [2.45, 2.75) is 181 Å². The molecule has 650 valence electrons. The van der Waals surface area contributed by atoms with Crippen LogP contribution in [-0.4, -0.2) is 43.0 Å². The lowest BCUT2D eigenvalue weighted by Crippen LogP contribution is -2.47. The third kappa shape index (κ3) is 23.9. The van der Waals surface area contributed by atoms with E-state index in [2.05, 4.69) is 367 Å². The first kappa shape index (κ1) is 93.8. The highest BCUT2D eigenvalue weighted by Crippen LogP contribution is 2.61. The predicted octanol–water partition coefficient (Wildman–Crippen LogP) is 28.7. The molecule has 0 heterocycles. The van der Waals surface area contributed by atoms with Gasteiger partial charge in [-0.15, -0.1) is 0 Å². The Morgan fingerprint density at radius 2 is 0.516 bits per heavy atom. The Bertz CT molecular complexity index is 5740.